The quantitative estimate of drug-likeness (QED) is 0.578. The summed E-state index contributed by atoms with van der Waals surface area (Å²) in [5.74, 6) is -0.0128. The van der Waals surface area contributed by atoms with Crippen LogP contribution in [0, 0.1) is 11.7 Å². The minimum atomic E-state index is -0.354. The minimum Gasteiger partial charge on any atom is -0.349 e. The first-order valence-electron chi connectivity index (χ1n) is 8.00. The fourth-order valence-corrected chi connectivity index (χ4v) is 3.09. The van der Waals surface area contributed by atoms with Crippen LogP contribution in [0.2, 0.25) is 0 Å². The van der Waals surface area contributed by atoms with Crippen molar-refractivity contribution in [1.82, 2.24) is 14.6 Å². The van der Waals surface area contributed by atoms with E-state index in [1.54, 1.807) is 6.07 Å². The Morgan fingerprint density at radius 2 is 2.33 bits per heavy atom. The van der Waals surface area contributed by atoms with E-state index < -0.39 is 0 Å². The fourth-order valence-electron chi connectivity index (χ4n) is 3.09. The van der Waals surface area contributed by atoms with Crippen molar-refractivity contribution in [1.29, 1.82) is 0 Å². The Hall–Kier alpha value is -2.76. The number of nitrogens with one attached hydrogen (secondary N) is 1. The molecule has 0 spiro atoms. The van der Waals surface area contributed by atoms with E-state index in [0.717, 1.165) is 19.3 Å². The summed E-state index contributed by atoms with van der Waals surface area (Å²) in [4.78, 5) is 19.9. The summed E-state index contributed by atoms with van der Waals surface area (Å²) in [5.41, 5.74) is 2.62. The first-order chi connectivity index (χ1) is 11.6. The van der Waals surface area contributed by atoms with Crippen LogP contribution in [0.1, 0.15) is 26.2 Å². The highest BCUT2D eigenvalue weighted by molar-refractivity contribution is 6.04. The Labute approximate surface area is 137 Å². The van der Waals surface area contributed by atoms with Crippen molar-refractivity contribution in [3.63, 3.8) is 0 Å². The molecular formula is C18H17FN4O. The SMILES string of the molecule is CC1=CC[C@@H](/C=N/n2cnc3c([nH]c4ccc(F)cc43)c2=O)CC1. The second kappa shape index (κ2) is 5.70. The smallest absolute Gasteiger partial charge is 0.298 e. The molecule has 1 atom stereocenters. The molecule has 6 heteroatoms. The first kappa shape index (κ1) is 14.8. The second-order valence-corrected chi connectivity index (χ2v) is 6.28. The average Bonchev–Trinajstić information content (AvgIpc) is 2.95. The Morgan fingerprint density at radius 1 is 1.46 bits per heavy atom. The predicted molar refractivity (Wildman–Crippen MR) is 92.8 cm³/mol. The zero-order chi connectivity index (χ0) is 16.7. The molecule has 0 radical (unpaired) electrons. The third-order valence-corrected chi connectivity index (χ3v) is 4.53. The number of fused-ring (bicyclic) bond motifs is 3. The molecule has 5 nitrogen and oxygen atoms in total. The summed E-state index contributed by atoms with van der Waals surface area (Å²) in [7, 11) is 0. The van der Waals surface area contributed by atoms with Gasteiger partial charge in [-0.2, -0.15) is 9.78 Å². The normalized spacial score (nSPS) is 18.6. The van der Waals surface area contributed by atoms with Gasteiger partial charge in [-0.3, -0.25) is 4.79 Å². The summed E-state index contributed by atoms with van der Waals surface area (Å²) < 4.78 is 14.7. The summed E-state index contributed by atoms with van der Waals surface area (Å²) >= 11 is 0. The molecule has 1 N–H and O–H groups in total. The standard InChI is InChI=1S/C18H17FN4O/c1-11-2-4-12(5-3-11)9-21-23-10-20-16-14-8-13(19)6-7-15(14)22-17(16)18(23)24/h2,6-10,12,22H,3-5H2,1H3/b21-9+/t12-/m1/s1. The van der Waals surface area contributed by atoms with E-state index >= 15 is 0 Å². The molecule has 2 heterocycles. The molecule has 1 aromatic carbocycles. The van der Waals surface area contributed by atoms with Crippen LogP contribution in [0.3, 0.4) is 0 Å². The van der Waals surface area contributed by atoms with Crippen LogP contribution in [0.15, 0.2) is 46.1 Å². The first-order valence-corrected chi connectivity index (χ1v) is 8.00. The van der Waals surface area contributed by atoms with Gasteiger partial charge in [0.05, 0.1) is 0 Å². The molecule has 3 aromatic rings. The van der Waals surface area contributed by atoms with E-state index in [1.165, 1.54) is 28.7 Å². The van der Waals surface area contributed by atoms with Crippen LogP contribution in [-0.4, -0.2) is 20.9 Å². The van der Waals surface area contributed by atoms with Gasteiger partial charge in [-0.05, 0) is 50.3 Å². The van der Waals surface area contributed by atoms with Crippen molar-refractivity contribution in [2.75, 3.05) is 0 Å². The van der Waals surface area contributed by atoms with E-state index in [9.17, 15) is 9.18 Å². The van der Waals surface area contributed by atoms with Crippen molar-refractivity contribution in [2.45, 2.75) is 26.2 Å². The van der Waals surface area contributed by atoms with E-state index in [0.29, 0.717) is 27.9 Å². The number of nitrogens with zero attached hydrogens (tertiary/aromatic N) is 3. The maximum Gasteiger partial charge on any atom is 0.298 e. The van der Waals surface area contributed by atoms with Gasteiger partial charge in [-0.1, -0.05) is 11.6 Å². The molecular weight excluding hydrogens is 307 g/mol. The van der Waals surface area contributed by atoms with Gasteiger partial charge in [0.15, 0.2) is 0 Å². The number of rotatable bonds is 2. The maximum atomic E-state index is 13.4. The third kappa shape index (κ3) is 2.54. The Morgan fingerprint density at radius 3 is 3.12 bits per heavy atom. The van der Waals surface area contributed by atoms with Gasteiger partial charge in [0, 0.05) is 17.1 Å². The van der Waals surface area contributed by atoms with Crippen molar-refractivity contribution < 1.29 is 4.39 Å². The van der Waals surface area contributed by atoms with Crippen molar-refractivity contribution in [3.8, 4) is 0 Å². The van der Waals surface area contributed by atoms with Crippen LogP contribution in [0.25, 0.3) is 21.9 Å². The van der Waals surface area contributed by atoms with Gasteiger partial charge in [0.1, 0.15) is 23.2 Å². The maximum absolute atomic E-state index is 13.4. The van der Waals surface area contributed by atoms with Crippen LogP contribution >= 0.6 is 0 Å². The summed E-state index contributed by atoms with van der Waals surface area (Å²) in [6, 6.07) is 4.34. The molecule has 0 aliphatic heterocycles. The molecule has 122 valence electrons. The van der Waals surface area contributed by atoms with Crippen LogP contribution in [0.4, 0.5) is 4.39 Å². The highest BCUT2D eigenvalue weighted by Gasteiger charge is 2.13. The molecule has 0 saturated carbocycles. The zero-order valence-corrected chi connectivity index (χ0v) is 13.3. The molecule has 0 unspecified atom stereocenters. The molecule has 0 amide bonds. The third-order valence-electron chi connectivity index (χ3n) is 4.53. The largest absolute Gasteiger partial charge is 0.349 e. The van der Waals surface area contributed by atoms with Gasteiger partial charge in [-0.25, -0.2) is 9.37 Å². The lowest BCUT2D eigenvalue weighted by atomic mass is 9.91. The van der Waals surface area contributed by atoms with Crippen LogP contribution in [0.5, 0.6) is 0 Å². The lowest BCUT2D eigenvalue weighted by Gasteiger charge is -2.15. The number of benzene rings is 1. The number of H-pyrrole nitrogens is 1. The molecule has 0 fully saturated rings. The van der Waals surface area contributed by atoms with Crippen LogP contribution in [-0.2, 0) is 0 Å². The molecule has 0 bridgehead atoms. The summed E-state index contributed by atoms with van der Waals surface area (Å²) in [6.45, 7) is 2.13. The Balaban J connectivity index is 1.73. The van der Waals surface area contributed by atoms with E-state index in [1.807, 2.05) is 6.21 Å². The minimum absolute atomic E-state index is 0.282. The Bertz CT molecular complexity index is 1040. The number of halogens is 1. The number of hydrogen-bond donors (Lipinski definition) is 1. The summed E-state index contributed by atoms with van der Waals surface area (Å²) in [5, 5.41) is 4.89. The topological polar surface area (TPSA) is 63.0 Å². The zero-order valence-electron chi connectivity index (χ0n) is 13.3. The van der Waals surface area contributed by atoms with E-state index in [2.05, 4.69) is 28.1 Å². The number of hydrogen-bond acceptors (Lipinski definition) is 3. The number of allylic oxidation sites excluding steroid dienone is 2. The highest BCUT2D eigenvalue weighted by atomic mass is 19.1. The highest BCUT2D eigenvalue weighted by Crippen LogP contribution is 2.23. The predicted octanol–water partition coefficient (Wildman–Crippen LogP) is 3.60. The molecule has 1 aliphatic rings. The molecule has 24 heavy (non-hydrogen) atoms. The van der Waals surface area contributed by atoms with E-state index in [4.69, 9.17) is 0 Å². The van der Waals surface area contributed by atoms with Crippen molar-refractivity contribution in [2.24, 2.45) is 11.0 Å². The second-order valence-electron chi connectivity index (χ2n) is 6.28. The van der Waals surface area contributed by atoms with Crippen LogP contribution < -0.4 is 5.56 Å². The lowest BCUT2D eigenvalue weighted by molar-refractivity contribution is 0.602. The summed E-state index contributed by atoms with van der Waals surface area (Å²) in [6.07, 6.45) is 8.49. The van der Waals surface area contributed by atoms with Crippen molar-refractivity contribution in [3.05, 3.63) is 52.3 Å². The fraction of sp³-hybridized carbons (Fsp3) is 0.278. The Kier molecular flexibility index (Phi) is 3.52. The van der Waals surface area contributed by atoms with Gasteiger partial charge in [-0.15, -0.1) is 0 Å². The van der Waals surface area contributed by atoms with Gasteiger partial charge >= 0.3 is 0 Å². The molecule has 2 aromatic heterocycles. The lowest BCUT2D eigenvalue weighted by Crippen LogP contribution is -2.18. The van der Waals surface area contributed by atoms with Gasteiger partial charge < -0.3 is 4.98 Å². The molecule has 1 aliphatic carbocycles. The number of aromatic nitrogens is 3. The van der Waals surface area contributed by atoms with Crippen molar-refractivity contribution >= 4 is 28.2 Å². The van der Waals surface area contributed by atoms with E-state index in [-0.39, 0.29) is 11.4 Å². The monoisotopic (exact) mass is 324 g/mol. The number of aromatic amines is 1. The van der Waals surface area contributed by atoms with Gasteiger partial charge in [0.2, 0.25) is 0 Å². The molecule has 4 rings (SSSR count). The average molecular weight is 324 g/mol. The van der Waals surface area contributed by atoms with Gasteiger partial charge in [0.25, 0.3) is 5.56 Å². The molecule has 0 saturated heterocycles.